The zero-order valence-corrected chi connectivity index (χ0v) is 20.0. The number of nitrogens with zero attached hydrogens (tertiary/aromatic N) is 1. The first-order valence-electron chi connectivity index (χ1n) is 11.3. The van der Waals surface area contributed by atoms with E-state index >= 15 is 0 Å². The summed E-state index contributed by atoms with van der Waals surface area (Å²) in [5.41, 5.74) is 4.34. The summed E-state index contributed by atoms with van der Waals surface area (Å²) in [6, 6.07) is 6.04. The molecule has 0 spiro atoms. The van der Waals surface area contributed by atoms with Gasteiger partial charge in [0.2, 0.25) is 0 Å². The first kappa shape index (κ1) is 27.6. The molecule has 0 saturated heterocycles. The van der Waals surface area contributed by atoms with Crippen LogP contribution in [0.2, 0.25) is 0 Å². The van der Waals surface area contributed by atoms with Crippen LogP contribution in [-0.4, -0.2) is 57.3 Å². The van der Waals surface area contributed by atoms with Crippen molar-refractivity contribution in [3.63, 3.8) is 0 Å². The van der Waals surface area contributed by atoms with E-state index in [9.17, 15) is 24.5 Å². The average molecular weight is 476 g/mol. The third kappa shape index (κ3) is 7.17. The Balaban J connectivity index is 2.72. The number of aliphatic hydroxyl groups is 3. The molecular formula is C26H34FNO6. The van der Waals surface area contributed by atoms with E-state index in [2.05, 4.69) is 0 Å². The first-order valence-corrected chi connectivity index (χ1v) is 11.3. The Labute approximate surface area is 199 Å². The molecule has 8 heteroatoms. The maximum absolute atomic E-state index is 13.7. The summed E-state index contributed by atoms with van der Waals surface area (Å²) in [4.78, 5) is 15.7. The van der Waals surface area contributed by atoms with E-state index in [4.69, 9.17) is 14.8 Å². The Bertz CT molecular complexity index is 990. The van der Waals surface area contributed by atoms with Crippen LogP contribution >= 0.6 is 0 Å². The number of halogens is 1. The quantitative estimate of drug-likeness (QED) is 0.368. The molecule has 0 amide bonds. The van der Waals surface area contributed by atoms with E-state index in [1.54, 1.807) is 25.3 Å². The van der Waals surface area contributed by atoms with Gasteiger partial charge in [-0.05, 0) is 29.2 Å². The van der Waals surface area contributed by atoms with Crippen molar-refractivity contribution in [2.45, 2.75) is 64.3 Å². The SMILES string of the molecule is COCc1c([C@H](C)CO)nc(C(C)C)c(C=C[C@@H](O)C[C@@H](O)CC(=O)O)c1-c1ccc(F)cc1. The number of aromatic nitrogens is 1. The number of carboxylic acids is 1. The van der Waals surface area contributed by atoms with Gasteiger partial charge in [-0.15, -0.1) is 0 Å². The molecule has 4 N–H and O–H groups in total. The monoisotopic (exact) mass is 475 g/mol. The summed E-state index contributed by atoms with van der Waals surface area (Å²) >= 11 is 0. The van der Waals surface area contributed by atoms with Gasteiger partial charge in [-0.2, -0.15) is 0 Å². The highest BCUT2D eigenvalue weighted by Crippen LogP contribution is 2.38. The van der Waals surface area contributed by atoms with Crippen LogP contribution < -0.4 is 0 Å². The molecule has 0 bridgehead atoms. The van der Waals surface area contributed by atoms with Crippen LogP contribution in [0.4, 0.5) is 4.39 Å². The highest BCUT2D eigenvalue weighted by molar-refractivity contribution is 5.80. The molecule has 1 aromatic carbocycles. The van der Waals surface area contributed by atoms with Crippen molar-refractivity contribution in [1.82, 2.24) is 4.98 Å². The number of rotatable bonds is 12. The summed E-state index contributed by atoms with van der Waals surface area (Å²) in [7, 11) is 1.56. The number of hydrogen-bond donors (Lipinski definition) is 4. The molecule has 2 aromatic rings. The van der Waals surface area contributed by atoms with Crippen molar-refractivity contribution < 1.29 is 34.3 Å². The molecule has 7 nitrogen and oxygen atoms in total. The summed E-state index contributed by atoms with van der Waals surface area (Å²) in [5, 5.41) is 39.0. The van der Waals surface area contributed by atoms with Crippen molar-refractivity contribution >= 4 is 12.0 Å². The van der Waals surface area contributed by atoms with Crippen LogP contribution in [-0.2, 0) is 16.1 Å². The predicted octanol–water partition coefficient (Wildman–Crippen LogP) is 3.85. The Hall–Kier alpha value is -2.65. The summed E-state index contributed by atoms with van der Waals surface area (Å²) in [6.07, 6.45) is 0.323. The predicted molar refractivity (Wildman–Crippen MR) is 128 cm³/mol. The first-order chi connectivity index (χ1) is 16.1. The molecule has 0 saturated carbocycles. The van der Waals surface area contributed by atoms with Gasteiger partial charge in [0.1, 0.15) is 5.82 Å². The number of methoxy groups -OCH3 is 1. The summed E-state index contributed by atoms with van der Waals surface area (Å²) in [6.45, 7) is 5.91. The van der Waals surface area contributed by atoms with E-state index < -0.39 is 24.6 Å². The number of carbonyl (C=O) groups is 1. The van der Waals surface area contributed by atoms with Gasteiger partial charge in [-0.3, -0.25) is 9.78 Å². The van der Waals surface area contributed by atoms with E-state index in [0.29, 0.717) is 11.3 Å². The van der Waals surface area contributed by atoms with Gasteiger partial charge in [0.25, 0.3) is 0 Å². The molecule has 0 radical (unpaired) electrons. The van der Waals surface area contributed by atoms with Crippen molar-refractivity contribution in [3.8, 4) is 11.1 Å². The van der Waals surface area contributed by atoms with Crippen LogP contribution in [0, 0.1) is 5.82 Å². The van der Waals surface area contributed by atoms with Crippen LogP contribution in [0.25, 0.3) is 17.2 Å². The fourth-order valence-electron chi connectivity index (χ4n) is 3.87. The number of benzene rings is 1. The van der Waals surface area contributed by atoms with E-state index in [-0.39, 0.29) is 37.3 Å². The number of hydrogen-bond acceptors (Lipinski definition) is 6. The highest BCUT2D eigenvalue weighted by atomic mass is 19.1. The van der Waals surface area contributed by atoms with Gasteiger partial charge in [0.05, 0.1) is 43.2 Å². The Morgan fingerprint density at radius 1 is 1.15 bits per heavy atom. The maximum Gasteiger partial charge on any atom is 0.305 e. The second-order valence-corrected chi connectivity index (χ2v) is 8.74. The maximum atomic E-state index is 13.7. The summed E-state index contributed by atoms with van der Waals surface area (Å²) in [5.74, 6) is -1.81. The molecule has 0 aliphatic carbocycles. The minimum Gasteiger partial charge on any atom is -0.481 e. The number of carboxylic acid groups (broad SMARTS) is 1. The van der Waals surface area contributed by atoms with Crippen molar-refractivity contribution in [3.05, 3.63) is 58.7 Å². The molecule has 1 heterocycles. The van der Waals surface area contributed by atoms with Crippen LogP contribution in [0.15, 0.2) is 30.3 Å². The lowest BCUT2D eigenvalue weighted by Crippen LogP contribution is -2.19. The molecule has 0 aliphatic heterocycles. The van der Waals surface area contributed by atoms with Gasteiger partial charge in [-0.25, -0.2) is 4.39 Å². The van der Waals surface area contributed by atoms with Crippen molar-refractivity contribution in [2.24, 2.45) is 0 Å². The second-order valence-electron chi connectivity index (χ2n) is 8.74. The Kier molecular flexibility index (Phi) is 10.3. The molecule has 0 unspecified atom stereocenters. The zero-order chi connectivity index (χ0) is 25.4. The van der Waals surface area contributed by atoms with Gasteiger partial charge in [0.15, 0.2) is 0 Å². The smallest absolute Gasteiger partial charge is 0.305 e. The zero-order valence-electron chi connectivity index (χ0n) is 20.0. The van der Waals surface area contributed by atoms with E-state index in [0.717, 1.165) is 22.4 Å². The Morgan fingerprint density at radius 3 is 2.32 bits per heavy atom. The topological polar surface area (TPSA) is 120 Å². The lowest BCUT2D eigenvalue weighted by molar-refractivity contribution is -0.139. The number of pyridine rings is 1. The third-order valence-corrected chi connectivity index (χ3v) is 5.52. The highest BCUT2D eigenvalue weighted by Gasteiger charge is 2.24. The minimum atomic E-state index is -1.19. The van der Waals surface area contributed by atoms with Crippen molar-refractivity contribution in [1.29, 1.82) is 0 Å². The molecule has 2 rings (SSSR count). The molecule has 1 aromatic heterocycles. The summed E-state index contributed by atoms with van der Waals surface area (Å²) < 4.78 is 19.2. The molecule has 186 valence electrons. The lowest BCUT2D eigenvalue weighted by Gasteiger charge is -2.24. The van der Waals surface area contributed by atoms with Gasteiger partial charge in [-0.1, -0.05) is 45.1 Å². The minimum absolute atomic E-state index is 0.0187. The van der Waals surface area contributed by atoms with E-state index in [1.807, 2.05) is 20.8 Å². The standard InChI is InChI=1S/C26H34FNO6/c1-15(2)25-21(10-9-19(30)11-20(31)12-23(32)33)24(17-5-7-18(27)8-6-17)22(14-34-4)26(28-25)16(3)13-29/h5-10,15-16,19-20,29-31H,11-14H2,1-4H3,(H,32,33)/t16-,19-,20-/m1/s1. The average Bonchev–Trinajstić information content (AvgIpc) is 2.77. The van der Waals surface area contributed by atoms with Gasteiger partial charge in [0, 0.05) is 30.6 Å². The molecular weight excluding hydrogens is 441 g/mol. The van der Waals surface area contributed by atoms with Crippen LogP contribution in [0.3, 0.4) is 0 Å². The van der Waals surface area contributed by atoms with E-state index in [1.165, 1.54) is 18.2 Å². The largest absolute Gasteiger partial charge is 0.481 e. The molecule has 0 fully saturated rings. The fourth-order valence-corrected chi connectivity index (χ4v) is 3.87. The third-order valence-electron chi connectivity index (χ3n) is 5.52. The molecule has 34 heavy (non-hydrogen) atoms. The van der Waals surface area contributed by atoms with Crippen LogP contribution in [0.1, 0.15) is 68.0 Å². The van der Waals surface area contributed by atoms with Crippen LogP contribution in [0.5, 0.6) is 0 Å². The molecule has 3 atom stereocenters. The van der Waals surface area contributed by atoms with Crippen molar-refractivity contribution in [2.75, 3.05) is 13.7 Å². The van der Waals surface area contributed by atoms with Gasteiger partial charge < -0.3 is 25.2 Å². The number of ether oxygens (including phenoxy) is 1. The number of aliphatic hydroxyl groups excluding tert-OH is 3. The van der Waals surface area contributed by atoms with Gasteiger partial charge >= 0.3 is 5.97 Å². The molecule has 0 aliphatic rings. The number of aliphatic carboxylic acids is 1. The second kappa shape index (κ2) is 12.7. The normalized spacial score (nSPS) is 14.5. The lowest BCUT2D eigenvalue weighted by atomic mass is 9.86. The Morgan fingerprint density at radius 2 is 1.79 bits per heavy atom. The fraction of sp³-hybridized carbons (Fsp3) is 0.462.